The molecular formula is C17H20FN3O4. The first-order chi connectivity index (χ1) is 12.0. The van der Waals surface area contributed by atoms with Crippen LogP contribution >= 0.6 is 0 Å². The quantitative estimate of drug-likeness (QED) is 0.760. The number of nitrogens with one attached hydrogen (secondary N) is 2. The monoisotopic (exact) mass is 349 g/mol. The molecule has 134 valence electrons. The lowest BCUT2D eigenvalue weighted by Gasteiger charge is -2.38. The number of hydrogen-bond donors (Lipinski definition) is 2. The van der Waals surface area contributed by atoms with E-state index in [1.807, 2.05) is 6.07 Å². The van der Waals surface area contributed by atoms with Crippen molar-refractivity contribution in [3.05, 3.63) is 35.6 Å². The number of ether oxygens (including phenoxy) is 1. The summed E-state index contributed by atoms with van der Waals surface area (Å²) < 4.78 is 19.0. The lowest BCUT2D eigenvalue weighted by molar-refractivity contribution is -0.130. The Bertz CT molecular complexity index is 672. The first-order valence-electron chi connectivity index (χ1n) is 8.19. The molecule has 2 heterocycles. The minimum Gasteiger partial charge on any atom is -0.381 e. The molecule has 0 radical (unpaired) electrons. The van der Waals surface area contributed by atoms with Gasteiger partial charge >= 0.3 is 6.03 Å². The Kier molecular flexibility index (Phi) is 4.98. The number of halogens is 1. The van der Waals surface area contributed by atoms with Crippen LogP contribution < -0.4 is 10.6 Å². The van der Waals surface area contributed by atoms with Gasteiger partial charge < -0.3 is 15.4 Å². The zero-order valence-corrected chi connectivity index (χ0v) is 13.7. The highest BCUT2D eigenvalue weighted by atomic mass is 19.1. The van der Waals surface area contributed by atoms with Gasteiger partial charge in [0.2, 0.25) is 5.91 Å². The molecule has 4 amide bonds. The van der Waals surface area contributed by atoms with E-state index in [1.54, 1.807) is 6.07 Å². The number of rotatable bonds is 5. The van der Waals surface area contributed by atoms with Crippen LogP contribution in [0.1, 0.15) is 18.4 Å². The predicted octanol–water partition coefficient (Wildman–Crippen LogP) is 0.542. The van der Waals surface area contributed by atoms with Crippen molar-refractivity contribution in [1.29, 1.82) is 0 Å². The molecule has 2 N–H and O–H groups in total. The van der Waals surface area contributed by atoms with Crippen LogP contribution in [0, 0.1) is 5.82 Å². The van der Waals surface area contributed by atoms with Crippen LogP contribution in [-0.2, 0) is 19.7 Å². The van der Waals surface area contributed by atoms with Crippen LogP contribution in [0.2, 0.25) is 0 Å². The molecule has 0 saturated carbocycles. The number of carbonyl (C=O) groups excluding carboxylic acids is 3. The number of amides is 4. The van der Waals surface area contributed by atoms with E-state index in [1.165, 1.54) is 12.1 Å². The highest BCUT2D eigenvalue weighted by Gasteiger charge is 2.36. The average Bonchev–Trinajstić information content (AvgIpc) is 2.93. The normalized spacial score (nSPS) is 19.6. The van der Waals surface area contributed by atoms with E-state index in [9.17, 15) is 18.8 Å². The number of nitrogens with zero attached hydrogens (tertiary/aromatic N) is 1. The third-order valence-corrected chi connectivity index (χ3v) is 4.75. The molecule has 2 fully saturated rings. The molecule has 0 spiro atoms. The van der Waals surface area contributed by atoms with E-state index in [-0.39, 0.29) is 18.9 Å². The summed E-state index contributed by atoms with van der Waals surface area (Å²) in [5, 5.41) is 5.16. The summed E-state index contributed by atoms with van der Waals surface area (Å²) in [5.41, 5.74) is 0.388. The van der Waals surface area contributed by atoms with Crippen LogP contribution in [0.25, 0.3) is 0 Å². The summed E-state index contributed by atoms with van der Waals surface area (Å²) in [6, 6.07) is 5.79. The second-order valence-corrected chi connectivity index (χ2v) is 6.32. The Morgan fingerprint density at radius 2 is 2.08 bits per heavy atom. The van der Waals surface area contributed by atoms with Gasteiger partial charge in [-0.3, -0.25) is 14.5 Å². The number of imide groups is 1. The Morgan fingerprint density at radius 3 is 2.72 bits per heavy atom. The smallest absolute Gasteiger partial charge is 0.325 e. The molecule has 2 saturated heterocycles. The van der Waals surface area contributed by atoms with Crippen molar-refractivity contribution in [2.75, 3.05) is 32.8 Å². The maximum atomic E-state index is 13.6. The summed E-state index contributed by atoms with van der Waals surface area (Å²) in [6.45, 7) is 0.943. The van der Waals surface area contributed by atoms with Crippen molar-refractivity contribution in [3.63, 3.8) is 0 Å². The van der Waals surface area contributed by atoms with Crippen LogP contribution in [0.15, 0.2) is 24.3 Å². The van der Waals surface area contributed by atoms with Gasteiger partial charge in [0.1, 0.15) is 12.4 Å². The minimum atomic E-state index is -0.564. The van der Waals surface area contributed by atoms with Gasteiger partial charge in [0.25, 0.3) is 5.91 Å². The SMILES string of the molecule is O=C(CN1C(=O)CNC1=O)NCC1(c2cccc(F)c2)CCOCC1. The van der Waals surface area contributed by atoms with Crippen molar-refractivity contribution in [2.45, 2.75) is 18.3 Å². The predicted molar refractivity (Wildman–Crippen MR) is 86.3 cm³/mol. The zero-order valence-electron chi connectivity index (χ0n) is 13.7. The summed E-state index contributed by atoms with van der Waals surface area (Å²) in [5.74, 6) is -1.17. The Morgan fingerprint density at radius 1 is 1.32 bits per heavy atom. The Hall–Kier alpha value is -2.48. The van der Waals surface area contributed by atoms with Crippen molar-refractivity contribution in [3.8, 4) is 0 Å². The number of carbonyl (C=O) groups is 3. The van der Waals surface area contributed by atoms with Crippen molar-refractivity contribution in [2.24, 2.45) is 0 Å². The summed E-state index contributed by atoms with van der Waals surface area (Å²) in [6.07, 6.45) is 1.31. The van der Waals surface area contributed by atoms with Crippen molar-refractivity contribution >= 4 is 17.8 Å². The molecule has 8 heteroatoms. The summed E-state index contributed by atoms with van der Waals surface area (Å²) in [7, 11) is 0. The molecule has 3 rings (SSSR count). The van der Waals surface area contributed by atoms with Gasteiger partial charge in [0, 0.05) is 25.2 Å². The number of benzene rings is 1. The third kappa shape index (κ3) is 3.79. The number of hydrogen-bond acceptors (Lipinski definition) is 4. The second-order valence-electron chi connectivity index (χ2n) is 6.32. The van der Waals surface area contributed by atoms with Crippen LogP contribution in [0.3, 0.4) is 0 Å². The highest BCUT2D eigenvalue weighted by Crippen LogP contribution is 2.34. The molecular weight excluding hydrogens is 329 g/mol. The number of urea groups is 1. The van der Waals surface area contributed by atoms with Gasteiger partial charge in [0.05, 0.1) is 6.54 Å². The highest BCUT2D eigenvalue weighted by molar-refractivity contribution is 6.04. The molecule has 0 bridgehead atoms. The fourth-order valence-electron chi connectivity index (χ4n) is 3.23. The average molecular weight is 349 g/mol. The standard InChI is InChI=1S/C17H20FN3O4/c18-13-3-1-2-12(8-13)17(4-6-25-7-5-17)11-20-14(22)10-21-15(23)9-19-16(21)24/h1-3,8H,4-7,9-11H2,(H,19,24)(H,20,22). The second kappa shape index (κ2) is 7.18. The molecule has 0 aliphatic carbocycles. The van der Waals surface area contributed by atoms with Gasteiger partial charge in [0.15, 0.2) is 0 Å². The van der Waals surface area contributed by atoms with E-state index >= 15 is 0 Å². The molecule has 1 aromatic carbocycles. The van der Waals surface area contributed by atoms with Gasteiger partial charge in [-0.05, 0) is 30.5 Å². The topological polar surface area (TPSA) is 87.7 Å². The molecule has 2 aliphatic heterocycles. The van der Waals surface area contributed by atoms with Crippen LogP contribution in [0.5, 0.6) is 0 Å². The van der Waals surface area contributed by atoms with Gasteiger partial charge in [-0.25, -0.2) is 9.18 Å². The Balaban J connectivity index is 1.68. The van der Waals surface area contributed by atoms with E-state index in [4.69, 9.17) is 4.74 Å². The first kappa shape index (κ1) is 17.3. The van der Waals surface area contributed by atoms with Gasteiger partial charge in [-0.2, -0.15) is 0 Å². The molecule has 0 unspecified atom stereocenters. The van der Waals surface area contributed by atoms with Crippen molar-refractivity contribution in [1.82, 2.24) is 15.5 Å². The fourth-order valence-corrected chi connectivity index (χ4v) is 3.23. The van der Waals surface area contributed by atoms with Crippen LogP contribution in [0.4, 0.5) is 9.18 Å². The van der Waals surface area contributed by atoms with E-state index in [0.717, 1.165) is 10.5 Å². The van der Waals surface area contributed by atoms with Crippen LogP contribution in [-0.4, -0.2) is 55.6 Å². The van der Waals surface area contributed by atoms with Gasteiger partial charge in [-0.15, -0.1) is 0 Å². The summed E-state index contributed by atoms with van der Waals surface area (Å²) in [4.78, 5) is 36.1. The van der Waals surface area contributed by atoms with Crippen molar-refractivity contribution < 1.29 is 23.5 Å². The van der Waals surface area contributed by atoms with E-state index < -0.39 is 23.3 Å². The van der Waals surface area contributed by atoms with E-state index in [0.29, 0.717) is 32.6 Å². The maximum absolute atomic E-state index is 13.6. The minimum absolute atomic E-state index is 0.0866. The zero-order chi connectivity index (χ0) is 17.9. The lowest BCUT2D eigenvalue weighted by Crippen LogP contribution is -2.48. The molecule has 25 heavy (non-hydrogen) atoms. The molecule has 1 aromatic rings. The van der Waals surface area contributed by atoms with Gasteiger partial charge in [-0.1, -0.05) is 12.1 Å². The summed E-state index contributed by atoms with van der Waals surface area (Å²) >= 11 is 0. The molecule has 7 nitrogen and oxygen atoms in total. The lowest BCUT2D eigenvalue weighted by atomic mass is 9.74. The molecule has 0 aromatic heterocycles. The first-order valence-corrected chi connectivity index (χ1v) is 8.19. The molecule has 2 aliphatic rings. The third-order valence-electron chi connectivity index (χ3n) is 4.75. The molecule has 0 atom stereocenters. The largest absolute Gasteiger partial charge is 0.381 e. The maximum Gasteiger partial charge on any atom is 0.325 e. The Labute approximate surface area is 144 Å². The fraction of sp³-hybridized carbons (Fsp3) is 0.471. The van der Waals surface area contributed by atoms with E-state index in [2.05, 4.69) is 10.6 Å².